The average Bonchev–Trinajstić information content (AvgIpc) is 2.41. The van der Waals surface area contributed by atoms with Crippen LogP contribution in [-0.2, 0) is 0 Å². The highest BCUT2D eigenvalue weighted by molar-refractivity contribution is 8.00. The van der Waals surface area contributed by atoms with Crippen LogP contribution in [0.2, 0.25) is 0 Å². The molecule has 19 heavy (non-hydrogen) atoms. The maximum atomic E-state index is 10.1. The second-order valence-electron chi connectivity index (χ2n) is 5.69. The fraction of sp³-hybridized carbons (Fsp3) is 0.625. The van der Waals surface area contributed by atoms with Crippen molar-refractivity contribution in [2.45, 2.75) is 54.9 Å². The van der Waals surface area contributed by atoms with Gasteiger partial charge in [-0.2, -0.15) is 0 Å². The minimum atomic E-state index is -0.138. The quantitative estimate of drug-likeness (QED) is 0.909. The molecule has 0 saturated heterocycles. The van der Waals surface area contributed by atoms with Gasteiger partial charge in [0, 0.05) is 16.2 Å². The van der Waals surface area contributed by atoms with Crippen LogP contribution in [0.15, 0.2) is 29.2 Å². The molecule has 0 bridgehead atoms. The Kier molecular flexibility index (Phi) is 5.31. The van der Waals surface area contributed by atoms with Crippen molar-refractivity contribution >= 4 is 11.8 Å². The summed E-state index contributed by atoms with van der Waals surface area (Å²) in [6.45, 7) is 2.23. The smallest absolute Gasteiger partial charge is 0.0662 e. The lowest BCUT2D eigenvalue weighted by Crippen LogP contribution is -2.27. The molecule has 0 amide bonds. The van der Waals surface area contributed by atoms with Gasteiger partial charge in [0.2, 0.25) is 0 Å². The highest BCUT2D eigenvalue weighted by Gasteiger charge is 2.25. The summed E-state index contributed by atoms with van der Waals surface area (Å²) in [7, 11) is 4.23. The molecule has 1 fully saturated rings. The van der Waals surface area contributed by atoms with E-state index < -0.39 is 0 Å². The summed E-state index contributed by atoms with van der Waals surface area (Å²) < 4.78 is 0. The van der Waals surface area contributed by atoms with Crippen molar-refractivity contribution in [2.75, 3.05) is 14.1 Å². The van der Waals surface area contributed by atoms with Crippen LogP contribution < -0.4 is 0 Å². The van der Waals surface area contributed by atoms with Gasteiger partial charge in [0.05, 0.1) is 6.10 Å². The molecule has 0 radical (unpaired) electrons. The minimum absolute atomic E-state index is 0.138. The predicted molar refractivity (Wildman–Crippen MR) is 82.7 cm³/mol. The Morgan fingerprint density at radius 3 is 2.58 bits per heavy atom. The van der Waals surface area contributed by atoms with Crippen LogP contribution in [0.1, 0.15) is 44.2 Å². The van der Waals surface area contributed by atoms with E-state index in [9.17, 15) is 5.11 Å². The first-order chi connectivity index (χ1) is 9.09. The molecule has 3 heteroatoms. The van der Waals surface area contributed by atoms with Gasteiger partial charge >= 0.3 is 0 Å². The van der Waals surface area contributed by atoms with Gasteiger partial charge < -0.3 is 10.0 Å². The highest BCUT2D eigenvalue weighted by atomic mass is 32.2. The van der Waals surface area contributed by atoms with E-state index in [1.54, 1.807) is 0 Å². The van der Waals surface area contributed by atoms with Crippen LogP contribution in [0.4, 0.5) is 0 Å². The van der Waals surface area contributed by atoms with Gasteiger partial charge in [-0.3, -0.25) is 0 Å². The number of hydrogen-bond acceptors (Lipinski definition) is 3. The summed E-state index contributed by atoms with van der Waals surface area (Å²) in [5.41, 5.74) is 1.37. The first-order valence-electron chi connectivity index (χ1n) is 7.19. The predicted octanol–water partition coefficient (Wildman–Crippen LogP) is 3.70. The third-order valence-corrected chi connectivity index (χ3v) is 5.57. The van der Waals surface area contributed by atoms with Gasteiger partial charge in [-0.25, -0.2) is 0 Å². The van der Waals surface area contributed by atoms with Gasteiger partial charge in [-0.1, -0.05) is 31.0 Å². The van der Waals surface area contributed by atoms with E-state index in [0.29, 0.717) is 11.3 Å². The first kappa shape index (κ1) is 14.9. The Morgan fingerprint density at radius 2 is 1.89 bits per heavy atom. The van der Waals surface area contributed by atoms with Crippen molar-refractivity contribution in [3.05, 3.63) is 29.8 Å². The Labute approximate surface area is 121 Å². The average molecular weight is 279 g/mol. The maximum absolute atomic E-state index is 10.1. The third kappa shape index (κ3) is 3.74. The Bertz CT molecular complexity index is 407. The number of benzene rings is 1. The van der Waals surface area contributed by atoms with Crippen molar-refractivity contribution in [3.63, 3.8) is 0 Å². The Balaban J connectivity index is 2.15. The molecule has 1 aliphatic carbocycles. The van der Waals surface area contributed by atoms with Crippen molar-refractivity contribution < 1.29 is 5.11 Å². The van der Waals surface area contributed by atoms with Crippen molar-refractivity contribution in [1.29, 1.82) is 0 Å². The number of rotatable bonds is 4. The van der Waals surface area contributed by atoms with Gasteiger partial charge in [0.1, 0.15) is 0 Å². The fourth-order valence-corrected chi connectivity index (χ4v) is 4.02. The van der Waals surface area contributed by atoms with E-state index in [-0.39, 0.29) is 6.10 Å². The molecule has 0 aromatic heterocycles. The third-order valence-electron chi connectivity index (χ3n) is 4.09. The molecule has 0 spiro atoms. The van der Waals surface area contributed by atoms with Crippen LogP contribution in [0.3, 0.4) is 0 Å². The summed E-state index contributed by atoms with van der Waals surface area (Å²) in [5, 5.41) is 10.5. The second kappa shape index (κ2) is 6.78. The number of thioether (sulfide) groups is 1. The molecule has 0 heterocycles. The van der Waals surface area contributed by atoms with Crippen LogP contribution in [-0.4, -0.2) is 35.5 Å². The zero-order valence-electron chi connectivity index (χ0n) is 12.2. The molecular weight excluding hydrogens is 254 g/mol. The summed E-state index contributed by atoms with van der Waals surface area (Å²) >= 11 is 1.87. The monoisotopic (exact) mass is 279 g/mol. The van der Waals surface area contributed by atoms with Gasteiger partial charge in [-0.15, -0.1) is 11.8 Å². The SMILES string of the molecule is C[C@@H](c1ccccc1S[C@H]1CCCC[C@@H]1O)N(C)C. The molecule has 3 atom stereocenters. The van der Waals surface area contributed by atoms with Crippen LogP contribution in [0.25, 0.3) is 0 Å². The number of aliphatic hydroxyl groups excluding tert-OH is 1. The van der Waals surface area contributed by atoms with Crippen LogP contribution >= 0.6 is 11.8 Å². The van der Waals surface area contributed by atoms with Gasteiger partial charge in [-0.05, 0) is 45.5 Å². The molecule has 2 rings (SSSR count). The Hall–Kier alpha value is -0.510. The molecule has 1 aliphatic rings. The normalized spacial score (nSPS) is 25.5. The molecule has 1 aromatic rings. The molecule has 1 saturated carbocycles. The second-order valence-corrected chi connectivity index (χ2v) is 6.97. The van der Waals surface area contributed by atoms with E-state index >= 15 is 0 Å². The molecule has 1 aromatic carbocycles. The van der Waals surface area contributed by atoms with Crippen LogP contribution in [0.5, 0.6) is 0 Å². The molecule has 106 valence electrons. The molecule has 2 nitrogen and oxygen atoms in total. The largest absolute Gasteiger partial charge is 0.392 e. The maximum Gasteiger partial charge on any atom is 0.0662 e. The van der Waals surface area contributed by atoms with E-state index in [1.165, 1.54) is 23.3 Å². The zero-order chi connectivity index (χ0) is 13.8. The van der Waals surface area contributed by atoms with Gasteiger partial charge in [0.25, 0.3) is 0 Å². The van der Waals surface area contributed by atoms with E-state index in [2.05, 4.69) is 50.2 Å². The summed E-state index contributed by atoms with van der Waals surface area (Å²) in [6, 6.07) is 9.02. The first-order valence-corrected chi connectivity index (χ1v) is 8.07. The number of aliphatic hydroxyl groups is 1. The summed E-state index contributed by atoms with van der Waals surface area (Å²) in [4.78, 5) is 3.56. The van der Waals surface area contributed by atoms with Gasteiger partial charge in [0.15, 0.2) is 0 Å². The molecule has 0 unspecified atom stereocenters. The van der Waals surface area contributed by atoms with Crippen molar-refractivity contribution in [2.24, 2.45) is 0 Å². The van der Waals surface area contributed by atoms with E-state index in [0.717, 1.165) is 12.8 Å². The standard InChI is InChI=1S/C16H25NOS/c1-12(17(2)3)13-8-4-6-10-15(13)19-16-11-7-5-9-14(16)18/h4,6,8,10,12,14,16,18H,5,7,9,11H2,1-3H3/t12-,14-,16-/m0/s1. The lowest BCUT2D eigenvalue weighted by atomic mass is 9.97. The molecule has 1 N–H and O–H groups in total. The fourth-order valence-electron chi connectivity index (χ4n) is 2.59. The van der Waals surface area contributed by atoms with Crippen LogP contribution in [0, 0.1) is 0 Å². The summed E-state index contributed by atoms with van der Waals surface area (Å²) in [6.07, 6.45) is 4.38. The lowest BCUT2D eigenvalue weighted by Gasteiger charge is -2.29. The van der Waals surface area contributed by atoms with E-state index in [4.69, 9.17) is 0 Å². The van der Waals surface area contributed by atoms with Crippen molar-refractivity contribution in [1.82, 2.24) is 4.90 Å². The number of nitrogens with zero attached hydrogens (tertiary/aromatic N) is 1. The summed E-state index contributed by atoms with van der Waals surface area (Å²) in [5.74, 6) is 0. The lowest BCUT2D eigenvalue weighted by molar-refractivity contribution is 0.137. The van der Waals surface area contributed by atoms with E-state index in [1.807, 2.05) is 11.8 Å². The zero-order valence-corrected chi connectivity index (χ0v) is 13.0. The topological polar surface area (TPSA) is 23.5 Å². The minimum Gasteiger partial charge on any atom is -0.392 e. The number of hydrogen-bond donors (Lipinski definition) is 1. The Morgan fingerprint density at radius 1 is 1.21 bits per heavy atom. The molecular formula is C16H25NOS. The molecule has 0 aliphatic heterocycles. The van der Waals surface area contributed by atoms with Crippen molar-refractivity contribution in [3.8, 4) is 0 Å². The highest BCUT2D eigenvalue weighted by Crippen LogP contribution is 2.37.